The number of nitrogens with zero attached hydrogens (tertiary/aromatic N) is 1. The summed E-state index contributed by atoms with van der Waals surface area (Å²) >= 11 is 0. The van der Waals surface area contributed by atoms with Gasteiger partial charge in [0.1, 0.15) is 24.0 Å². The van der Waals surface area contributed by atoms with Crippen molar-refractivity contribution in [2.75, 3.05) is 6.61 Å². The van der Waals surface area contributed by atoms with E-state index in [4.69, 9.17) is 16.2 Å². The van der Waals surface area contributed by atoms with Crippen molar-refractivity contribution in [3.8, 4) is 5.75 Å². The fraction of sp³-hybridized carbons (Fsp3) is 0.0588. The molecular formula is C17H13F2N3O2. The summed E-state index contributed by atoms with van der Waals surface area (Å²) in [5, 5.41) is 0. The number of rotatable bonds is 2. The first kappa shape index (κ1) is 15.7. The Hall–Kier alpha value is -3.22. The summed E-state index contributed by atoms with van der Waals surface area (Å²) in [4.78, 5) is 15.4. The number of ether oxygens (including phenoxy) is 1. The minimum absolute atomic E-state index is 0.0889. The van der Waals surface area contributed by atoms with Crippen molar-refractivity contribution < 1.29 is 18.3 Å². The van der Waals surface area contributed by atoms with Crippen molar-refractivity contribution in [3.63, 3.8) is 0 Å². The zero-order valence-corrected chi connectivity index (χ0v) is 12.4. The van der Waals surface area contributed by atoms with E-state index in [1.54, 1.807) is 12.1 Å². The Morgan fingerprint density at radius 1 is 1.08 bits per heavy atom. The number of aliphatic imine (C=N–C) groups is 1. The van der Waals surface area contributed by atoms with E-state index >= 15 is 0 Å². The molecular weight excluding hydrogens is 316 g/mol. The van der Waals surface area contributed by atoms with E-state index in [0.717, 1.165) is 18.2 Å². The summed E-state index contributed by atoms with van der Waals surface area (Å²) in [6.45, 7) is 0.208. The van der Waals surface area contributed by atoms with Gasteiger partial charge in [0.15, 0.2) is 5.96 Å². The minimum Gasteiger partial charge on any atom is -0.489 e. The molecule has 1 aliphatic rings. The predicted molar refractivity (Wildman–Crippen MR) is 85.5 cm³/mol. The third-order valence-corrected chi connectivity index (χ3v) is 3.49. The zero-order valence-electron chi connectivity index (χ0n) is 12.4. The average Bonchev–Trinajstić information content (AvgIpc) is 2.55. The largest absolute Gasteiger partial charge is 0.489 e. The highest BCUT2D eigenvalue weighted by atomic mass is 19.1. The van der Waals surface area contributed by atoms with Gasteiger partial charge in [-0.3, -0.25) is 4.79 Å². The molecule has 1 heterocycles. The molecule has 1 amide bonds. The van der Waals surface area contributed by atoms with Crippen LogP contribution >= 0.6 is 0 Å². The van der Waals surface area contributed by atoms with Gasteiger partial charge in [0.2, 0.25) is 0 Å². The summed E-state index contributed by atoms with van der Waals surface area (Å²) in [5.74, 6) is -1.68. The molecule has 5 nitrogen and oxygen atoms in total. The summed E-state index contributed by atoms with van der Waals surface area (Å²) < 4.78 is 33.1. The highest BCUT2D eigenvalue weighted by Gasteiger charge is 2.20. The van der Waals surface area contributed by atoms with Crippen molar-refractivity contribution in [3.05, 3.63) is 70.8 Å². The highest BCUT2D eigenvalue weighted by Crippen LogP contribution is 2.36. The number of carbonyl (C=O) groups is 1. The smallest absolute Gasteiger partial charge is 0.280 e. The molecule has 1 aliphatic heterocycles. The maximum absolute atomic E-state index is 14.1. The van der Waals surface area contributed by atoms with E-state index in [-0.39, 0.29) is 23.7 Å². The normalized spacial score (nSPS) is 12.7. The van der Waals surface area contributed by atoms with E-state index in [9.17, 15) is 13.6 Å². The van der Waals surface area contributed by atoms with Gasteiger partial charge in [0, 0.05) is 16.7 Å². The van der Waals surface area contributed by atoms with Gasteiger partial charge in [0.05, 0.1) is 0 Å². The van der Waals surface area contributed by atoms with Crippen LogP contribution in [0.25, 0.3) is 5.57 Å². The van der Waals surface area contributed by atoms with Crippen LogP contribution in [0.15, 0.2) is 47.5 Å². The van der Waals surface area contributed by atoms with Crippen LogP contribution < -0.4 is 16.2 Å². The number of fused-ring (bicyclic) bond motifs is 1. The lowest BCUT2D eigenvalue weighted by Gasteiger charge is -2.20. The molecule has 122 valence electrons. The van der Waals surface area contributed by atoms with E-state index in [0.29, 0.717) is 16.9 Å². The van der Waals surface area contributed by atoms with Crippen molar-refractivity contribution in [2.45, 2.75) is 0 Å². The molecule has 24 heavy (non-hydrogen) atoms. The van der Waals surface area contributed by atoms with Crippen molar-refractivity contribution in [1.29, 1.82) is 0 Å². The summed E-state index contributed by atoms with van der Waals surface area (Å²) in [7, 11) is 0. The molecule has 0 unspecified atom stereocenters. The molecule has 0 saturated heterocycles. The fourth-order valence-corrected chi connectivity index (χ4v) is 2.46. The lowest BCUT2D eigenvalue weighted by atomic mass is 9.93. The second-order valence-electron chi connectivity index (χ2n) is 5.11. The van der Waals surface area contributed by atoms with Crippen LogP contribution in [-0.2, 0) is 0 Å². The quantitative estimate of drug-likeness (QED) is 0.653. The van der Waals surface area contributed by atoms with Gasteiger partial charge in [-0.25, -0.2) is 8.78 Å². The number of benzene rings is 2. The number of halogens is 2. The van der Waals surface area contributed by atoms with Crippen LogP contribution in [0.1, 0.15) is 21.5 Å². The number of amides is 1. The molecule has 0 aromatic heterocycles. The maximum Gasteiger partial charge on any atom is 0.280 e. The summed E-state index contributed by atoms with van der Waals surface area (Å²) in [5.41, 5.74) is 11.6. The molecule has 0 bridgehead atoms. The number of carbonyl (C=O) groups excluding carboxylic acids is 1. The van der Waals surface area contributed by atoms with Crippen LogP contribution in [0.2, 0.25) is 0 Å². The fourth-order valence-electron chi connectivity index (χ4n) is 2.46. The molecule has 2 aromatic carbocycles. The van der Waals surface area contributed by atoms with Crippen LogP contribution in [0.3, 0.4) is 0 Å². The average molecular weight is 329 g/mol. The molecule has 0 saturated carbocycles. The maximum atomic E-state index is 14.1. The summed E-state index contributed by atoms with van der Waals surface area (Å²) in [6, 6.07) is 7.74. The minimum atomic E-state index is -0.637. The Morgan fingerprint density at radius 2 is 1.88 bits per heavy atom. The SMILES string of the molecule is NC(N)=NC(=O)c1ccc2c(c1)C(c1cc(F)ccc1F)=CCO2. The van der Waals surface area contributed by atoms with Gasteiger partial charge < -0.3 is 16.2 Å². The van der Waals surface area contributed by atoms with E-state index in [1.165, 1.54) is 12.1 Å². The third-order valence-electron chi connectivity index (χ3n) is 3.49. The molecule has 0 aliphatic carbocycles. The van der Waals surface area contributed by atoms with Crippen LogP contribution in [-0.4, -0.2) is 18.5 Å². The number of nitrogens with two attached hydrogens (primary N) is 2. The third kappa shape index (κ3) is 2.96. The molecule has 4 N–H and O–H groups in total. The summed E-state index contributed by atoms with van der Waals surface area (Å²) in [6.07, 6.45) is 1.62. The zero-order chi connectivity index (χ0) is 17.3. The molecule has 0 spiro atoms. The van der Waals surface area contributed by atoms with E-state index in [1.807, 2.05) is 0 Å². The van der Waals surface area contributed by atoms with Gasteiger partial charge in [-0.1, -0.05) is 0 Å². The standard InChI is InChI=1S/C17H13F2N3O2/c18-10-2-3-14(19)12(8-10)11-5-6-24-15-4-1-9(7-13(11)15)16(23)22-17(20)21/h1-5,7-8H,6H2,(H4,20,21,22,23). The van der Waals surface area contributed by atoms with Crippen molar-refractivity contribution >= 4 is 17.4 Å². The Bertz CT molecular complexity index is 887. The topological polar surface area (TPSA) is 90.7 Å². The lowest BCUT2D eigenvalue weighted by molar-refractivity contribution is 0.100. The van der Waals surface area contributed by atoms with Crippen molar-refractivity contribution in [2.24, 2.45) is 16.5 Å². The first-order valence-corrected chi connectivity index (χ1v) is 7.02. The first-order valence-electron chi connectivity index (χ1n) is 7.02. The highest BCUT2D eigenvalue weighted by molar-refractivity contribution is 6.03. The van der Waals surface area contributed by atoms with Gasteiger partial charge in [-0.05, 0) is 48.0 Å². The molecule has 7 heteroatoms. The van der Waals surface area contributed by atoms with Crippen LogP contribution in [0.5, 0.6) is 5.75 Å². The number of hydrogen-bond acceptors (Lipinski definition) is 2. The Kier molecular flexibility index (Phi) is 3.99. The first-order chi connectivity index (χ1) is 11.5. The van der Waals surface area contributed by atoms with Crippen LogP contribution in [0.4, 0.5) is 8.78 Å². The van der Waals surface area contributed by atoms with Gasteiger partial charge in [-0.15, -0.1) is 0 Å². The number of hydrogen-bond donors (Lipinski definition) is 2. The molecule has 0 fully saturated rings. The van der Waals surface area contributed by atoms with Crippen molar-refractivity contribution in [1.82, 2.24) is 0 Å². The monoisotopic (exact) mass is 329 g/mol. The molecule has 2 aromatic rings. The Morgan fingerprint density at radius 3 is 2.62 bits per heavy atom. The second-order valence-corrected chi connectivity index (χ2v) is 5.11. The lowest BCUT2D eigenvalue weighted by Crippen LogP contribution is -2.24. The Balaban J connectivity index is 2.11. The predicted octanol–water partition coefficient (Wildman–Crippen LogP) is 2.20. The second kappa shape index (κ2) is 6.11. The number of guanidine groups is 1. The molecule has 3 rings (SSSR count). The molecule has 0 atom stereocenters. The van der Waals surface area contributed by atoms with E-state index < -0.39 is 17.5 Å². The van der Waals surface area contributed by atoms with Crippen LogP contribution in [0, 0.1) is 11.6 Å². The molecule has 0 radical (unpaired) electrons. The van der Waals surface area contributed by atoms with E-state index in [2.05, 4.69) is 4.99 Å². The van der Waals surface area contributed by atoms with Gasteiger partial charge in [0.25, 0.3) is 5.91 Å². The van der Waals surface area contributed by atoms with Gasteiger partial charge >= 0.3 is 0 Å². The Labute approximate surface area is 136 Å². The van der Waals surface area contributed by atoms with Gasteiger partial charge in [-0.2, -0.15) is 4.99 Å².